The molecule has 0 bridgehead atoms. The van der Waals surface area contributed by atoms with E-state index in [1.165, 1.54) is 29.5 Å². The number of furan rings is 1. The Bertz CT molecular complexity index is 1880. The molecule has 0 spiro atoms. The summed E-state index contributed by atoms with van der Waals surface area (Å²) in [4.78, 5) is 45.8. The number of allylic oxidation sites excluding steroid dienone is 1. The zero-order chi connectivity index (χ0) is 29.4. The number of carbonyl (C=O) groups is 2. The van der Waals surface area contributed by atoms with Crippen LogP contribution < -0.4 is 14.9 Å². The predicted molar refractivity (Wildman–Crippen MR) is 159 cm³/mol. The normalized spacial score (nSPS) is 15.0. The number of benzene rings is 2. The Hall–Kier alpha value is -3.92. The minimum absolute atomic E-state index is 0.0725. The summed E-state index contributed by atoms with van der Waals surface area (Å²) >= 11 is 13.7. The Morgan fingerprint density at radius 2 is 1.80 bits per heavy atom. The molecule has 0 saturated heterocycles. The number of likely N-dealkylation sites (N-methyl/N-ethyl adjacent to an activating group) is 1. The van der Waals surface area contributed by atoms with E-state index in [0.29, 0.717) is 60.8 Å². The zero-order valence-corrected chi connectivity index (χ0v) is 24.7. The van der Waals surface area contributed by atoms with E-state index in [-0.39, 0.29) is 17.0 Å². The third kappa shape index (κ3) is 5.40. The maximum atomic E-state index is 13.9. The topological polar surface area (TPSA) is 105 Å². The summed E-state index contributed by atoms with van der Waals surface area (Å²) in [6.45, 7) is 6.64. The van der Waals surface area contributed by atoms with Crippen molar-refractivity contribution in [3.8, 4) is 11.3 Å². The minimum atomic E-state index is -1.08. The lowest BCUT2D eigenvalue weighted by molar-refractivity contribution is -0.127. The van der Waals surface area contributed by atoms with Gasteiger partial charge in [-0.05, 0) is 68.8 Å². The fourth-order valence-electron chi connectivity index (χ4n) is 4.79. The van der Waals surface area contributed by atoms with Crippen LogP contribution in [0.15, 0.2) is 80.1 Å². The molecule has 0 aliphatic carbocycles. The quantitative estimate of drug-likeness (QED) is 0.303. The summed E-state index contributed by atoms with van der Waals surface area (Å²) in [5, 5.41) is 10.2. The van der Waals surface area contributed by atoms with Crippen LogP contribution in [0.2, 0.25) is 10.0 Å². The van der Waals surface area contributed by atoms with E-state index in [1.54, 1.807) is 46.7 Å². The molecule has 4 aromatic rings. The van der Waals surface area contributed by atoms with Gasteiger partial charge in [0.05, 0.1) is 32.4 Å². The van der Waals surface area contributed by atoms with E-state index in [1.807, 2.05) is 26.0 Å². The van der Waals surface area contributed by atoms with Gasteiger partial charge in [0.15, 0.2) is 4.80 Å². The van der Waals surface area contributed by atoms with Crippen molar-refractivity contribution in [2.45, 2.75) is 26.8 Å². The summed E-state index contributed by atoms with van der Waals surface area (Å²) in [6.07, 6.45) is 1.60. The van der Waals surface area contributed by atoms with Gasteiger partial charge in [0.25, 0.3) is 11.5 Å². The fraction of sp³-hybridized carbons (Fsp3) is 0.200. The third-order valence-electron chi connectivity index (χ3n) is 6.87. The molecule has 0 unspecified atom stereocenters. The fourth-order valence-corrected chi connectivity index (χ4v) is 6.15. The van der Waals surface area contributed by atoms with Crippen molar-refractivity contribution in [1.29, 1.82) is 0 Å². The molecule has 8 nitrogen and oxygen atoms in total. The van der Waals surface area contributed by atoms with Gasteiger partial charge >= 0.3 is 5.97 Å². The molecule has 1 atom stereocenters. The molecule has 0 fully saturated rings. The van der Waals surface area contributed by atoms with E-state index in [4.69, 9.17) is 27.6 Å². The number of rotatable bonds is 7. The number of aromatic nitrogens is 1. The van der Waals surface area contributed by atoms with Crippen molar-refractivity contribution in [2.24, 2.45) is 4.99 Å². The summed E-state index contributed by atoms with van der Waals surface area (Å²) in [5.41, 5.74) is 1.88. The lowest BCUT2D eigenvalue weighted by Gasteiger charge is -2.29. The standard InChI is InChI=1S/C30H25Cl2N3O5S/c1-4-34(5-2)28(37)25-16(3)33-30-35(26(25)17-6-9-19(31)10-7-17)27(36)24(41-30)15-20-11-13-23(40-20)21-14-18(29(38)39)8-12-22(21)32/h6-15,26H,4-5H2,1-3H3,(H,38,39)/b24-15+/t26-/m1/s1. The minimum Gasteiger partial charge on any atom is -0.478 e. The number of aromatic carboxylic acids is 1. The van der Waals surface area contributed by atoms with Crippen LogP contribution in [0.4, 0.5) is 0 Å². The Morgan fingerprint density at radius 1 is 1.10 bits per heavy atom. The molecule has 11 heteroatoms. The number of carbonyl (C=O) groups excluding carboxylic acids is 1. The number of nitrogens with zero attached hydrogens (tertiary/aromatic N) is 3. The van der Waals surface area contributed by atoms with Crippen molar-refractivity contribution in [3.05, 3.63) is 112 Å². The molecule has 1 aliphatic heterocycles. The monoisotopic (exact) mass is 609 g/mol. The van der Waals surface area contributed by atoms with E-state index < -0.39 is 12.0 Å². The summed E-state index contributed by atoms with van der Waals surface area (Å²) < 4.78 is 7.85. The van der Waals surface area contributed by atoms with Crippen LogP contribution in [0.5, 0.6) is 0 Å². The van der Waals surface area contributed by atoms with Gasteiger partial charge in [-0.25, -0.2) is 9.79 Å². The first kappa shape index (κ1) is 28.6. The molecule has 0 radical (unpaired) electrons. The molecular formula is C30H25Cl2N3O5S. The highest BCUT2D eigenvalue weighted by atomic mass is 35.5. The van der Waals surface area contributed by atoms with Crippen molar-refractivity contribution in [3.63, 3.8) is 0 Å². The highest BCUT2D eigenvalue weighted by Crippen LogP contribution is 2.33. The van der Waals surface area contributed by atoms with Gasteiger partial charge in [-0.15, -0.1) is 0 Å². The van der Waals surface area contributed by atoms with Crippen molar-refractivity contribution < 1.29 is 19.1 Å². The van der Waals surface area contributed by atoms with Gasteiger partial charge in [0.2, 0.25) is 0 Å². The lowest BCUT2D eigenvalue weighted by atomic mass is 9.94. The zero-order valence-electron chi connectivity index (χ0n) is 22.4. The lowest BCUT2D eigenvalue weighted by Crippen LogP contribution is -2.43. The van der Waals surface area contributed by atoms with Crippen LogP contribution >= 0.6 is 34.5 Å². The van der Waals surface area contributed by atoms with Crippen molar-refractivity contribution >= 4 is 52.5 Å². The second-order valence-electron chi connectivity index (χ2n) is 9.31. The highest BCUT2D eigenvalue weighted by Gasteiger charge is 2.34. The number of thiazole rings is 1. The van der Waals surface area contributed by atoms with Crippen LogP contribution in [0.3, 0.4) is 0 Å². The molecule has 210 valence electrons. The molecule has 5 rings (SSSR count). The molecule has 1 N–H and O–H groups in total. The number of hydrogen-bond donors (Lipinski definition) is 1. The average molecular weight is 611 g/mol. The van der Waals surface area contributed by atoms with Crippen LogP contribution in [-0.2, 0) is 4.79 Å². The maximum absolute atomic E-state index is 13.9. The second-order valence-corrected chi connectivity index (χ2v) is 11.2. The van der Waals surface area contributed by atoms with Crippen LogP contribution in [0.25, 0.3) is 17.4 Å². The van der Waals surface area contributed by atoms with E-state index in [9.17, 15) is 19.5 Å². The average Bonchev–Trinajstić information content (AvgIpc) is 3.53. The summed E-state index contributed by atoms with van der Waals surface area (Å²) in [7, 11) is 0. The molecule has 1 aliphatic rings. The molecule has 3 heterocycles. The van der Waals surface area contributed by atoms with E-state index in [2.05, 4.69) is 4.99 Å². The van der Waals surface area contributed by atoms with Crippen LogP contribution in [0, 0.1) is 0 Å². The van der Waals surface area contributed by atoms with E-state index >= 15 is 0 Å². The Morgan fingerprint density at radius 3 is 2.46 bits per heavy atom. The Labute approximate surface area is 249 Å². The molecule has 2 aromatic heterocycles. The smallest absolute Gasteiger partial charge is 0.335 e. The predicted octanol–water partition coefficient (Wildman–Crippen LogP) is 5.37. The number of fused-ring (bicyclic) bond motifs is 1. The molecule has 0 saturated carbocycles. The van der Waals surface area contributed by atoms with Crippen molar-refractivity contribution in [2.75, 3.05) is 13.1 Å². The van der Waals surface area contributed by atoms with E-state index in [0.717, 1.165) is 5.56 Å². The van der Waals surface area contributed by atoms with Gasteiger partial charge in [0, 0.05) is 29.8 Å². The Kier molecular flexibility index (Phi) is 8.04. The second kappa shape index (κ2) is 11.5. The van der Waals surface area contributed by atoms with Gasteiger partial charge in [0.1, 0.15) is 11.5 Å². The number of halogens is 2. The molecular weight excluding hydrogens is 585 g/mol. The van der Waals surface area contributed by atoms with Gasteiger partial charge in [-0.1, -0.05) is 46.7 Å². The number of amides is 1. The van der Waals surface area contributed by atoms with Gasteiger partial charge in [-0.3, -0.25) is 14.2 Å². The highest BCUT2D eigenvalue weighted by molar-refractivity contribution is 7.07. The third-order valence-corrected chi connectivity index (χ3v) is 8.43. The largest absolute Gasteiger partial charge is 0.478 e. The SMILES string of the molecule is CCN(CC)C(=O)C1=C(C)N=c2s/c(=C/c3ccc(-c4cc(C(=O)O)ccc4Cl)o3)c(=O)n2[C@@H]1c1ccc(Cl)cc1. The molecule has 2 aromatic carbocycles. The first-order chi connectivity index (χ1) is 19.6. The van der Waals surface area contributed by atoms with Crippen molar-refractivity contribution in [1.82, 2.24) is 9.47 Å². The summed E-state index contributed by atoms with van der Waals surface area (Å²) in [5.74, 6) is -0.527. The van der Waals surface area contributed by atoms with Crippen LogP contribution in [0.1, 0.15) is 48.5 Å². The van der Waals surface area contributed by atoms with Gasteiger partial charge < -0.3 is 14.4 Å². The molecule has 41 heavy (non-hydrogen) atoms. The van der Waals surface area contributed by atoms with Crippen LogP contribution in [-0.4, -0.2) is 39.5 Å². The number of carboxylic acids is 1. The molecule has 1 amide bonds. The first-order valence-corrected chi connectivity index (χ1v) is 14.4. The Balaban J connectivity index is 1.63. The van der Waals surface area contributed by atoms with Gasteiger partial charge in [-0.2, -0.15) is 0 Å². The number of carboxylic acid groups (broad SMARTS) is 1. The number of hydrogen-bond acceptors (Lipinski definition) is 6. The maximum Gasteiger partial charge on any atom is 0.335 e. The first-order valence-electron chi connectivity index (χ1n) is 12.8. The summed E-state index contributed by atoms with van der Waals surface area (Å²) in [6, 6.07) is 14.1.